The van der Waals surface area contributed by atoms with Gasteiger partial charge in [-0.3, -0.25) is 14.4 Å². The number of carboxylic acid groups (broad SMARTS) is 1. The van der Waals surface area contributed by atoms with E-state index in [1.807, 2.05) is 30.3 Å². The number of nitrogens with zero attached hydrogens (tertiary/aromatic N) is 1. The fraction of sp³-hybridized carbons (Fsp3) is 0.125. The molecule has 1 amide bonds. The Labute approximate surface area is 122 Å². The zero-order chi connectivity index (χ0) is 15.1. The SMILES string of the molecule is O=CN(OCc1ccccc1)c1ccc(CC(=O)O)cc1. The van der Waals surface area contributed by atoms with Crippen LogP contribution in [0.2, 0.25) is 0 Å². The van der Waals surface area contributed by atoms with Gasteiger partial charge < -0.3 is 5.11 Å². The maximum atomic E-state index is 11.1. The highest BCUT2D eigenvalue weighted by Gasteiger charge is 2.07. The van der Waals surface area contributed by atoms with E-state index in [1.54, 1.807) is 24.3 Å². The van der Waals surface area contributed by atoms with Crippen LogP contribution in [-0.2, 0) is 27.5 Å². The number of amides is 1. The van der Waals surface area contributed by atoms with Crippen molar-refractivity contribution in [3.05, 3.63) is 65.7 Å². The Kier molecular flexibility index (Phi) is 5.06. The van der Waals surface area contributed by atoms with E-state index in [1.165, 1.54) is 0 Å². The standard InChI is InChI=1S/C16H15NO4/c18-12-17(21-11-14-4-2-1-3-5-14)15-8-6-13(7-9-15)10-16(19)20/h1-9,12H,10-11H2,(H,19,20). The molecule has 0 radical (unpaired) electrons. The lowest BCUT2D eigenvalue weighted by Crippen LogP contribution is -2.21. The molecule has 1 N–H and O–H groups in total. The highest BCUT2D eigenvalue weighted by Crippen LogP contribution is 2.16. The first-order chi connectivity index (χ1) is 10.2. The molecular formula is C16H15NO4. The molecule has 0 atom stereocenters. The molecule has 5 nitrogen and oxygen atoms in total. The van der Waals surface area contributed by atoms with Crippen LogP contribution >= 0.6 is 0 Å². The number of hydrogen-bond acceptors (Lipinski definition) is 3. The normalized spacial score (nSPS) is 10.1. The smallest absolute Gasteiger partial charge is 0.307 e. The van der Waals surface area contributed by atoms with Gasteiger partial charge in [0.15, 0.2) is 0 Å². The molecule has 0 bridgehead atoms. The molecule has 5 heteroatoms. The summed E-state index contributed by atoms with van der Waals surface area (Å²) in [6.45, 7) is 0.274. The number of carbonyl (C=O) groups excluding carboxylic acids is 1. The zero-order valence-electron chi connectivity index (χ0n) is 11.3. The van der Waals surface area contributed by atoms with Crippen molar-refractivity contribution in [2.45, 2.75) is 13.0 Å². The summed E-state index contributed by atoms with van der Waals surface area (Å²) in [5.74, 6) is -0.893. The summed E-state index contributed by atoms with van der Waals surface area (Å²) in [4.78, 5) is 27.1. The Morgan fingerprint density at radius 2 is 1.71 bits per heavy atom. The van der Waals surface area contributed by atoms with Crippen molar-refractivity contribution >= 4 is 18.1 Å². The molecule has 0 heterocycles. The van der Waals surface area contributed by atoms with Gasteiger partial charge in [0.1, 0.15) is 6.61 Å². The number of carbonyl (C=O) groups is 2. The van der Waals surface area contributed by atoms with Crippen molar-refractivity contribution in [3.8, 4) is 0 Å². The molecule has 2 aromatic rings. The second-order valence-corrected chi connectivity index (χ2v) is 4.43. The summed E-state index contributed by atoms with van der Waals surface area (Å²) in [5, 5.41) is 9.83. The molecule has 108 valence electrons. The van der Waals surface area contributed by atoms with Gasteiger partial charge in [0.05, 0.1) is 12.1 Å². The minimum Gasteiger partial charge on any atom is -0.481 e. The number of hydrogen-bond donors (Lipinski definition) is 1. The Balaban J connectivity index is 2.00. The van der Waals surface area contributed by atoms with Gasteiger partial charge in [0, 0.05) is 0 Å². The van der Waals surface area contributed by atoms with Gasteiger partial charge in [-0.2, -0.15) is 5.06 Å². The van der Waals surface area contributed by atoms with Crippen LogP contribution in [0, 0.1) is 0 Å². The van der Waals surface area contributed by atoms with Crippen LogP contribution in [-0.4, -0.2) is 17.5 Å². The number of aliphatic carboxylic acids is 1. The Hall–Kier alpha value is -2.66. The molecule has 0 fully saturated rings. The minimum atomic E-state index is -0.893. The van der Waals surface area contributed by atoms with Crippen LogP contribution < -0.4 is 5.06 Å². The van der Waals surface area contributed by atoms with Gasteiger partial charge in [0.2, 0.25) is 6.41 Å². The number of anilines is 1. The van der Waals surface area contributed by atoms with Gasteiger partial charge in [-0.05, 0) is 23.3 Å². The van der Waals surface area contributed by atoms with Crippen molar-refractivity contribution in [1.29, 1.82) is 0 Å². The molecule has 0 saturated carbocycles. The maximum absolute atomic E-state index is 11.1. The van der Waals surface area contributed by atoms with Crippen LogP contribution in [0.15, 0.2) is 54.6 Å². The number of rotatable bonds is 7. The summed E-state index contributed by atoms with van der Waals surface area (Å²) in [6.07, 6.45) is 0.529. The van der Waals surface area contributed by atoms with Gasteiger partial charge >= 0.3 is 5.97 Å². The average Bonchev–Trinajstić information content (AvgIpc) is 2.50. The topological polar surface area (TPSA) is 66.8 Å². The predicted molar refractivity (Wildman–Crippen MR) is 77.6 cm³/mol. The van der Waals surface area contributed by atoms with Crippen LogP contribution in [0.3, 0.4) is 0 Å². The highest BCUT2D eigenvalue weighted by atomic mass is 16.7. The molecule has 0 aliphatic carbocycles. The molecule has 0 aliphatic rings. The number of carboxylic acids is 1. The molecule has 21 heavy (non-hydrogen) atoms. The average molecular weight is 285 g/mol. The van der Waals surface area contributed by atoms with Crippen molar-refractivity contribution in [2.24, 2.45) is 0 Å². The molecular weight excluding hydrogens is 270 g/mol. The molecule has 2 aromatic carbocycles. The number of hydroxylamine groups is 1. The Morgan fingerprint density at radius 3 is 2.29 bits per heavy atom. The van der Waals surface area contributed by atoms with Crippen molar-refractivity contribution in [2.75, 3.05) is 5.06 Å². The third kappa shape index (κ3) is 4.43. The summed E-state index contributed by atoms with van der Waals surface area (Å²) >= 11 is 0. The van der Waals surface area contributed by atoms with Crippen LogP contribution in [0.25, 0.3) is 0 Å². The van der Waals surface area contributed by atoms with Gasteiger partial charge in [-0.25, -0.2) is 0 Å². The fourth-order valence-corrected chi connectivity index (χ4v) is 1.82. The van der Waals surface area contributed by atoms with E-state index in [0.717, 1.165) is 10.6 Å². The summed E-state index contributed by atoms with van der Waals surface area (Å²) in [6, 6.07) is 16.1. The molecule has 0 spiro atoms. The largest absolute Gasteiger partial charge is 0.481 e. The summed E-state index contributed by atoms with van der Waals surface area (Å²) in [5.41, 5.74) is 2.17. The van der Waals surface area contributed by atoms with Crippen molar-refractivity contribution in [3.63, 3.8) is 0 Å². The van der Waals surface area contributed by atoms with E-state index in [9.17, 15) is 9.59 Å². The minimum absolute atomic E-state index is 0.0494. The van der Waals surface area contributed by atoms with Crippen LogP contribution in [0.1, 0.15) is 11.1 Å². The second-order valence-electron chi connectivity index (χ2n) is 4.43. The number of benzene rings is 2. The molecule has 0 aliphatic heterocycles. The Morgan fingerprint density at radius 1 is 1.05 bits per heavy atom. The summed E-state index contributed by atoms with van der Waals surface area (Å²) in [7, 11) is 0. The molecule has 0 saturated heterocycles. The van der Waals surface area contributed by atoms with Crippen molar-refractivity contribution in [1.82, 2.24) is 0 Å². The maximum Gasteiger partial charge on any atom is 0.307 e. The molecule has 0 unspecified atom stereocenters. The zero-order valence-corrected chi connectivity index (χ0v) is 11.3. The van der Waals surface area contributed by atoms with Crippen LogP contribution in [0.5, 0.6) is 0 Å². The van der Waals surface area contributed by atoms with Gasteiger partial charge in [-0.1, -0.05) is 42.5 Å². The van der Waals surface area contributed by atoms with Gasteiger partial charge in [0.25, 0.3) is 0 Å². The lowest BCUT2D eigenvalue weighted by molar-refractivity contribution is -0.136. The fourth-order valence-electron chi connectivity index (χ4n) is 1.82. The van der Waals surface area contributed by atoms with E-state index < -0.39 is 5.97 Å². The third-order valence-electron chi connectivity index (χ3n) is 2.86. The van der Waals surface area contributed by atoms with E-state index in [4.69, 9.17) is 9.94 Å². The first kappa shape index (κ1) is 14.7. The van der Waals surface area contributed by atoms with Crippen molar-refractivity contribution < 1.29 is 19.5 Å². The first-order valence-electron chi connectivity index (χ1n) is 6.41. The first-order valence-corrected chi connectivity index (χ1v) is 6.41. The third-order valence-corrected chi connectivity index (χ3v) is 2.86. The Bertz CT molecular complexity index is 595. The lowest BCUT2D eigenvalue weighted by atomic mass is 10.1. The van der Waals surface area contributed by atoms with E-state index in [2.05, 4.69) is 0 Å². The lowest BCUT2D eigenvalue weighted by Gasteiger charge is -2.17. The quantitative estimate of drug-likeness (QED) is 0.626. The highest BCUT2D eigenvalue weighted by molar-refractivity contribution is 5.73. The van der Waals surface area contributed by atoms with Crippen LogP contribution in [0.4, 0.5) is 5.69 Å². The van der Waals surface area contributed by atoms with E-state index in [0.29, 0.717) is 17.7 Å². The second kappa shape index (κ2) is 7.21. The summed E-state index contributed by atoms with van der Waals surface area (Å²) < 4.78 is 0. The predicted octanol–water partition coefficient (Wildman–Crippen LogP) is 2.41. The van der Waals surface area contributed by atoms with E-state index >= 15 is 0 Å². The molecule has 2 rings (SSSR count). The van der Waals surface area contributed by atoms with Gasteiger partial charge in [-0.15, -0.1) is 0 Å². The molecule has 0 aromatic heterocycles. The van der Waals surface area contributed by atoms with E-state index in [-0.39, 0.29) is 13.0 Å². The monoisotopic (exact) mass is 285 g/mol.